The Morgan fingerprint density at radius 2 is 2.12 bits per heavy atom. The Hall–Kier alpha value is -1.60. The number of aromatic nitrogens is 2. The molecule has 2 rings (SSSR count). The molecule has 1 heterocycles. The number of rotatable bonds is 3. The summed E-state index contributed by atoms with van der Waals surface area (Å²) in [4.78, 5) is 0. The summed E-state index contributed by atoms with van der Waals surface area (Å²) in [6, 6.07) is 4.91. The monoisotopic (exact) mass is 275 g/mol. The highest BCUT2D eigenvalue weighted by Crippen LogP contribution is 2.21. The van der Waals surface area contributed by atoms with Crippen molar-refractivity contribution >= 4 is 27.3 Å². The smallest absolute Gasteiger partial charge is 0.275 e. The Morgan fingerprint density at radius 1 is 1.35 bits per heavy atom. The van der Waals surface area contributed by atoms with Crippen LogP contribution >= 0.6 is 11.6 Å². The fourth-order valence-electron chi connectivity index (χ4n) is 1.16. The first-order chi connectivity index (χ1) is 7.99. The summed E-state index contributed by atoms with van der Waals surface area (Å²) >= 11 is 5.55. The van der Waals surface area contributed by atoms with E-state index in [2.05, 4.69) is 14.9 Å². The number of benzene rings is 1. The molecule has 0 fully saturated rings. The number of nitrogens with zero attached hydrogens (tertiary/aromatic N) is 1. The second-order valence-corrected chi connectivity index (χ2v) is 5.24. The molecule has 0 radical (unpaired) electrons. The molecule has 2 N–H and O–H groups in total. The minimum atomic E-state index is -3.86. The molecule has 0 saturated heterocycles. The van der Waals surface area contributed by atoms with E-state index in [4.69, 9.17) is 11.6 Å². The first kappa shape index (κ1) is 11.9. The number of hydrogen-bond donors (Lipinski definition) is 2. The average molecular weight is 276 g/mol. The number of H-pyrrole nitrogens is 1. The normalized spacial score (nSPS) is 11.4. The predicted octanol–water partition coefficient (Wildman–Crippen LogP) is 2.00. The highest BCUT2D eigenvalue weighted by Gasteiger charge is 2.17. The Bertz CT molecular complexity index is 628. The van der Waals surface area contributed by atoms with E-state index < -0.39 is 15.8 Å². The fourth-order valence-corrected chi connectivity index (χ4v) is 2.30. The zero-order valence-electron chi connectivity index (χ0n) is 8.31. The van der Waals surface area contributed by atoms with Crippen molar-refractivity contribution in [3.63, 3.8) is 0 Å². The largest absolute Gasteiger partial charge is 0.278 e. The molecular weight excluding hydrogens is 269 g/mol. The molecule has 1 aromatic heterocycles. The lowest BCUT2D eigenvalue weighted by molar-refractivity contribution is 0.594. The number of aromatic amines is 1. The summed E-state index contributed by atoms with van der Waals surface area (Å²) in [5.74, 6) is -0.749. The van der Waals surface area contributed by atoms with Gasteiger partial charge in [0, 0.05) is 5.02 Å². The molecule has 5 nitrogen and oxygen atoms in total. The van der Waals surface area contributed by atoms with Crippen LogP contribution in [0.4, 0.5) is 10.1 Å². The highest BCUT2D eigenvalue weighted by molar-refractivity contribution is 7.92. The number of anilines is 1. The van der Waals surface area contributed by atoms with Gasteiger partial charge in [-0.15, -0.1) is 0 Å². The van der Waals surface area contributed by atoms with Gasteiger partial charge in [-0.25, -0.2) is 4.39 Å². The van der Waals surface area contributed by atoms with Crippen LogP contribution in [0.15, 0.2) is 35.5 Å². The molecule has 0 saturated carbocycles. The van der Waals surface area contributed by atoms with E-state index in [9.17, 15) is 12.8 Å². The Balaban J connectivity index is 2.33. The van der Waals surface area contributed by atoms with Gasteiger partial charge in [0.1, 0.15) is 5.82 Å². The van der Waals surface area contributed by atoms with Crippen molar-refractivity contribution in [2.24, 2.45) is 0 Å². The zero-order chi connectivity index (χ0) is 12.5. The van der Waals surface area contributed by atoms with Gasteiger partial charge in [0.2, 0.25) is 0 Å². The Labute approximate surface area is 102 Å². The lowest BCUT2D eigenvalue weighted by atomic mass is 10.3. The van der Waals surface area contributed by atoms with Crippen molar-refractivity contribution < 1.29 is 12.8 Å². The first-order valence-corrected chi connectivity index (χ1v) is 6.32. The van der Waals surface area contributed by atoms with Gasteiger partial charge in [-0.2, -0.15) is 13.5 Å². The van der Waals surface area contributed by atoms with Crippen LogP contribution in [0.3, 0.4) is 0 Å². The van der Waals surface area contributed by atoms with Crippen LogP contribution in [0.25, 0.3) is 0 Å². The SMILES string of the molecule is O=S(=O)(Nc1ccc(Cl)cc1F)c1ccn[nH]1. The molecule has 0 bridgehead atoms. The van der Waals surface area contributed by atoms with E-state index in [1.165, 1.54) is 24.4 Å². The second kappa shape index (κ2) is 4.34. The molecule has 8 heteroatoms. The van der Waals surface area contributed by atoms with E-state index in [-0.39, 0.29) is 15.7 Å². The minimum Gasteiger partial charge on any atom is -0.275 e. The van der Waals surface area contributed by atoms with Crippen molar-refractivity contribution in [2.75, 3.05) is 4.72 Å². The topological polar surface area (TPSA) is 74.8 Å². The van der Waals surface area contributed by atoms with Crippen LogP contribution < -0.4 is 4.72 Å². The van der Waals surface area contributed by atoms with Crippen LogP contribution in [0.1, 0.15) is 0 Å². The lowest BCUT2D eigenvalue weighted by Crippen LogP contribution is -2.14. The van der Waals surface area contributed by atoms with Crippen molar-refractivity contribution in [2.45, 2.75) is 5.03 Å². The molecular formula is C9H7ClFN3O2S. The van der Waals surface area contributed by atoms with Crippen molar-refractivity contribution in [3.8, 4) is 0 Å². The maximum absolute atomic E-state index is 13.4. The van der Waals surface area contributed by atoms with Crippen LogP contribution in [-0.2, 0) is 10.0 Å². The molecule has 0 atom stereocenters. The molecule has 90 valence electrons. The van der Waals surface area contributed by atoms with Gasteiger partial charge in [0.25, 0.3) is 10.0 Å². The van der Waals surface area contributed by atoms with Crippen molar-refractivity contribution in [1.29, 1.82) is 0 Å². The minimum absolute atomic E-state index is 0.146. The molecule has 0 amide bonds. The van der Waals surface area contributed by atoms with E-state index in [0.717, 1.165) is 6.07 Å². The van der Waals surface area contributed by atoms with Crippen LogP contribution in [0.2, 0.25) is 5.02 Å². The standard InChI is InChI=1S/C9H7ClFN3O2S/c10-6-1-2-8(7(11)5-6)14-17(15,16)9-3-4-12-13-9/h1-5,14H,(H,12,13). The summed E-state index contributed by atoms with van der Waals surface area (Å²) in [6.45, 7) is 0. The third-order valence-corrected chi connectivity index (χ3v) is 3.47. The van der Waals surface area contributed by atoms with Gasteiger partial charge in [-0.3, -0.25) is 9.82 Å². The highest BCUT2D eigenvalue weighted by atomic mass is 35.5. The second-order valence-electron chi connectivity index (χ2n) is 3.15. The maximum atomic E-state index is 13.4. The molecule has 0 unspecified atom stereocenters. The quantitative estimate of drug-likeness (QED) is 0.900. The van der Waals surface area contributed by atoms with Gasteiger partial charge < -0.3 is 0 Å². The van der Waals surface area contributed by atoms with Crippen LogP contribution in [0, 0.1) is 5.82 Å². The predicted molar refractivity (Wildman–Crippen MR) is 60.8 cm³/mol. The third kappa shape index (κ3) is 2.56. The van der Waals surface area contributed by atoms with E-state index in [0.29, 0.717) is 0 Å². The molecule has 2 aromatic rings. The van der Waals surface area contributed by atoms with Gasteiger partial charge >= 0.3 is 0 Å². The summed E-state index contributed by atoms with van der Waals surface area (Å²) in [5, 5.41) is 5.83. The van der Waals surface area contributed by atoms with E-state index in [1.807, 2.05) is 0 Å². The maximum Gasteiger partial charge on any atom is 0.278 e. The van der Waals surface area contributed by atoms with Crippen LogP contribution in [0.5, 0.6) is 0 Å². The van der Waals surface area contributed by atoms with E-state index >= 15 is 0 Å². The molecule has 0 spiro atoms. The average Bonchev–Trinajstić information content (AvgIpc) is 2.76. The van der Waals surface area contributed by atoms with Gasteiger partial charge in [-0.05, 0) is 24.3 Å². The van der Waals surface area contributed by atoms with Crippen molar-refractivity contribution in [1.82, 2.24) is 10.2 Å². The van der Waals surface area contributed by atoms with Crippen LogP contribution in [-0.4, -0.2) is 18.6 Å². The van der Waals surface area contributed by atoms with E-state index in [1.54, 1.807) is 0 Å². The molecule has 0 aliphatic carbocycles. The summed E-state index contributed by atoms with van der Waals surface area (Å²) in [6.07, 6.45) is 1.28. The summed E-state index contributed by atoms with van der Waals surface area (Å²) in [5.41, 5.74) is -0.177. The Morgan fingerprint density at radius 3 is 2.71 bits per heavy atom. The number of halogens is 2. The van der Waals surface area contributed by atoms with Crippen molar-refractivity contribution in [3.05, 3.63) is 41.3 Å². The number of sulfonamides is 1. The third-order valence-electron chi connectivity index (χ3n) is 1.94. The molecule has 1 aromatic carbocycles. The van der Waals surface area contributed by atoms with Gasteiger partial charge in [-0.1, -0.05) is 11.6 Å². The molecule has 17 heavy (non-hydrogen) atoms. The molecule has 0 aliphatic heterocycles. The van der Waals surface area contributed by atoms with Gasteiger partial charge in [0.15, 0.2) is 5.03 Å². The number of hydrogen-bond acceptors (Lipinski definition) is 3. The number of nitrogens with one attached hydrogen (secondary N) is 2. The summed E-state index contributed by atoms with van der Waals surface area (Å²) in [7, 11) is -3.86. The Kier molecular flexibility index (Phi) is 3.03. The molecule has 0 aliphatic rings. The fraction of sp³-hybridized carbons (Fsp3) is 0. The first-order valence-electron chi connectivity index (χ1n) is 4.46. The summed E-state index contributed by atoms with van der Waals surface area (Å²) < 4.78 is 38.9. The lowest BCUT2D eigenvalue weighted by Gasteiger charge is -2.07. The van der Waals surface area contributed by atoms with Gasteiger partial charge in [0.05, 0.1) is 11.9 Å². The zero-order valence-corrected chi connectivity index (χ0v) is 9.89.